The van der Waals surface area contributed by atoms with Crippen LogP contribution in [-0.2, 0) is 11.3 Å². The average molecular weight is 284 g/mol. The van der Waals surface area contributed by atoms with Crippen LogP contribution in [0.1, 0.15) is 18.4 Å². The third-order valence-corrected chi connectivity index (χ3v) is 4.41. The minimum Gasteiger partial charge on any atom is -0.398 e. The molecule has 1 unspecified atom stereocenters. The molecule has 3 heteroatoms. The van der Waals surface area contributed by atoms with Crippen molar-refractivity contribution in [3.8, 4) is 0 Å². The van der Waals surface area contributed by atoms with Gasteiger partial charge in [-0.3, -0.25) is 4.90 Å². The highest BCUT2D eigenvalue weighted by atomic mass is 16.5. The molecule has 0 amide bonds. The molecule has 1 fully saturated rings. The zero-order valence-electron chi connectivity index (χ0n) is 12.7. The van der Waals surface area contributed by atoms with E-state index in [2.05, 4.69) is 41.3 Å². The van der Waals surface area contributed by atoms with Gasteiger partial charge in [0.1, 0.15) is 0 Å². The van der Waals surface area contributed by atoms with Crippen LogP contribution in [-0.4, -0.2) is 31.7 Å². The lowest BCUT2D eigenvalue weighted by molar-refractivity contribution is 0.0875. The predicted molar refractivity (Wildman–Crippen MR) is 88.2 cm³/mol. The molecule has 1 atom stereocenters. The van der Waals surface area contributed by atoms with Gasteiger partial charge in [0.25, 0.3) is 0 Å². The van der Waals surface area contributed by atoms with E-state index in [9.17, 15) is 0 Å². The number of hydrogen-bond acceptors (Lipinski definition) is 3. The van der Waals surface area contributed by atoms with Crippen LogP contribution in [0.5, 0.6) is 0 Å². The van der Waals surface area contributed by atoms with Gasteiger partial charge in [0.2, 0.25) is 0 Å². The van der Waals surface area contributed by atoms with Crippen molar-refractivity contribution in [2.24, 2.45) is 5.92 Å². The van der Waals surface area contributed by atoms with E-state index in [1.54, 1.807) is 7.11 Å². The summed E-state index contributed by atoms with van der Waals surface area (Å²) in [6, 6.07) is 12.7. The number of nitrogens with zero attached hydrogens (tertiary/aromatic N) is 1. The smallest absolute Gasteiger partial charge is 0.0502 e. The molecule has 1 heterocycles. The summed E-state index contributed by atoms with van der Waals surface area (Å²) in [5.74, 6) is 0.658. The van der Waals surface area contributed by atoms with Crippen molar-refractivity contribution in [3.63, 3.8) is 0 Å². The van der Waals surface area contributed by atoms with Crippen molar-refractivity contribution >= 4 is 16.5 Å². The summed E-state index contributed by atoms with van der Waals surface area (Å²) in [4.78, 5) is 2.51. The summed E-state index contributed by atoms with van der Waals surface area (Å²) in [6.07, 6.45) is 2.53. The molecule has 2 N–H and O–H groups in total. The van der Waals surface area contributed by atoms with Gasteiger partial charge in [-0.05, 0) is 53.8 Å². The van der Waals surface area contributed by atoms with Gasteiger partial charge < -0.3 is 10.5 Å². The average Bonchev–Trinajstić information content (AvgIpc) is 2.49. The van der Waals surface area contributed by atoms with Gasteiger partial charge in [-0.1, -0.05) is 24.3 Å². The van der Waals surface area contributed by atoms with Crippen molar-refractivity contribution in [2.75, 3.05) is 32.5 Å². The maximum absolute atomic E-state index is 6.25. The number of rotatable bonds is 4. The van der Waals surface area contributed by atoms with Gasteiger partial charge in [0, 0.05) is 25.9 Å². The molecule has 0 radical (unpaired) electrons. The first-order valence-corrected chi connectivity index (χ1v) is 7.74. The van der Waals surface area contributed by atoms with Crippen LogP contribution >= 0.6 is 0 Å². The van der Waals surface area contributed by atoms with E-state index in [0.29, 0.717) is 5.92 Å². The molecule has 0 aliphatic carbocycles. The zero-order chi connectivity index (χ0) is 14.7. The number of likely N-dealkylation sites (tertiary alicyclic amines) is 1. The summed E-state index contributed by atoms with van der Waals surface area (Å²) < 4.78 is 5.31. The SMILES string of the molecule is COCC1CCCN(Cc2cc3ccccc3cc2N)C1. The lowest BCUT2D eigenvalue weighted by Crippen LogP contribution is -2.36. The van der Waals surface area contributed by atoms with E-state index in [4.69, 9.17) is 10.5 Å². The molecule has 1 aliphatic rings. The molecule has 0 aromatic heterocycles. The van der Waals surface area contributed by atoms with Crippen LogP contribution in [0.4, 0.5) is 5.69 Å². The standard InChI is InChI=1S/C18H24N2O/c1-21-13-14-5-4-8-20(11-14)12-17-9-15-6-2-3-7-16(15)10-18(17)19/h2-3,6-7,9-10,14H,4-5,8,11-13,19H2,1H3. The number of benzene rings is 2. The number of nitrogen functional groups attached to an aromatic ring is 1. The largest absolute Gasteiger partial charge is 0.398 e. The number of methoxy groups -OCH3 is 1. The zero-order valence-corrected chi connectivity index (χ0v) is 12.7. The van der Waals surface area contributed by atoms with Crippen molar-refractivity contribution in [1.29, 1.82) is 0 Å². The minimum absolute atomic E-state index is 0.658. The Morgan fingerprint density at radius 1 is 1.24 bits per heavy atom. The van der Waals surface area contributed by atoms with Crippen LogP contribution in [0.25, 0.3) is 10.8 Å². The first-order valence-electron chi connectivity index (χ1n) is 7.74. The Hall–Kier alpha value is -1.58. The van der Waals surface area contributed by atoms with Crippen LogP contribution in [0.15, 0.2) is 36.4 Å². The van der Waals surface area contributed by atoms with E-state index in [1.807, 2.05) is 0 Å². The second-order valence-corrected chi connectivity index (χ2v) is 6.10. The van der Waals surface area contributed by atoms with Gasteiger partial charge in [-0.15, -0.1) is 0 Å². The predicted octanol–water partition coefficient (Wildman–Crippen LogP) is 3.28. The molecule has 0 spiro atoms. The molecule has 1 saturated heterocycles. The van der Waals surface area contributed by atoms with E-state index < -0.39 is 0 Å². The molecule has 2 aromatic rings. The van der Waals surface area contributed by atoms with Gasteiger partial charge in [0.05, 0.1) is 6.61 Å². The molecule has 2 aromatic carbocycles. The lowest BCUT2D eigenvalue weighted by Gasteiger charge is -2.32. The number of anilines is 1. The second kappa shape index (κ2) is 6.46. The first kappa shape index (κ1) is 14.4. The Morgan fingerprint density at radius 2 is 2.00 bits per heavy atom. The number of fused-ring (bicyclic) bond motifs is 1. The molecular weight excluding hydrogens is 260 g/mol. The highest BCUT2D eigenvalue weighted by Gasteiger charge is 2.20. The molecule has 0 saturated carbocycles. The first-order chi connectivity index (χ1) is 10.3. The maximum atomic E-state index is 6.25. The molecule has 0 bridgehead atoms. The molecule has 3 nitrogen and oxygen atoms in total. The number of nitrogens with two attached hydrogens (primary N) is 1. The van der Waals surface area contributed by atoms with Crippen molar-refractivity contribution in [3.05, 3.63) is 42.0 Å². The second-order valence-electron chi connectivity index (χ2n) is 6.10. The summed E-state index contributed by atoms with van der Waals surface area (Å²) >= 11 is 0. The van der Waals surface area contributed by atoms with Crippen LogP contribution < -0.4 is 5.73 Å². The van der Waals surface area contributed by atoms with E-state index in [-0.39, 0.29) is 0 Å². The molecule has 112 valence electrons. The summed E-state index contributed by atoms with van der Waals surface area (Å²) in [6.45, 7) is 4.08. The van der Waals surface area contributed by atoms with Gasteiger partial charge in [-0.2, -0.15) is 0 Å². The topological polar surface area (TPSA) is 38.5 Å². The number of piperidine rings is 1. The fourth-order valence-corrected chi connectivity index (χ4v) is 3.35. The van der Waals surface area contributed by atoms with Crippen LogP contribution in [0, 0.1) is 5.92 Å². The van der Waals surface area contributed by atoms with Gasteiger partial charge >= 0.3 is 0 Å². The Bertz CT molecular complexity index is 609. The summed E-state index contributed by atoms with van der Waals surface area (Å²) in [5.41, 5.74) is 8.39. The Kier molecular flexibility index (Phi) is 4.42. The summed E-state index contributed by atoms with van der Waals surface area (Å²) in [7, 11) is 1.79. The van der Waals surface area contributed by atoms with E-state index in [1.165, 1.54) is 29.2 Å². The fraction of sp³-hybridized carbons (Fsp3) is 0.444. The van der Waals surface area contributed by atoms with Gasteiger partial charge in [0.15, 0.2) is 0 Å². The third kappa shape index (κ3) is 3.36. The Balaban J connectivity index is 1.76. The minimum atomic E-state index is 0.658. The molecule has 1 aliphatic heterocycles. The molecular formula is C18H24N2O. The Morgan fingerprint density at radius 3 is 2.76 bits per heavy atom. The monoisotopic (exact) mass is 284 g/mol. The highest BCUT2D eigenvalue weighted by Crippen LogP contribution is 2.25. The highest BCUT2D eigenvalue weighted by molar-refractivity contribution is 5.86. The van der Waals surface area contributed by atoms with Crippen LogP contribution in [0.2, 0.25) is 0 Å². The van der Waals surface area contributed by atoms with Crippen molar-refractivity contribution in [2.45, 2.75) is 19.4 Å². The molecule has 21 heavy (non-hydrogen) atoms. The number of ether oxygens (including phenoxy) is 1. The van der Waals surface area contributed by atoms with Crippen molar-refractivity contribution < 1.29 is 4.74 Å². The fourth-order valence-electron chi connectivity index (χ4n) is 3.35. The van der Waals surface area contributed by atoms with Crippen LogP contribution in [0.3, 0.4) is 0 Å². The quantitative estimate of drug-likeness (QED) is 0.876. The normalized spacial score (nSPS) is 20.0. The lowest BCUT2D eigenvalue weighted by atomic mass is 9.97. The van der Waals surface area contributed by atoms with E-state index >= 15 is 0 Å². The van der Waals surface area contributed by atoms with E-state index in [0.717, 1.165) is 31.9 Å². The van der Waals surface area contributed by atoms with Crippen molar-refractivity contribution in [1.82, 2.24) is 4.90 Å². The Labute approximate surface area is 126 Å². The third-order valence-electron chi connectivity index (χ3n) is 4.41. The number of hydrogen-bond donors (Lipinski definition) is 1. The van der Waals surface area contributed by atoms with Gasteiger partial charge in [-0.25, -0.2) is 0 Å². The molecule has 3 rings (SSSR count). The summed E-state index contributed by atoms with van der Waals surface area (Å²) in [5, 5.41) is 2.49. The maximum Gasteiger partial charge on any atom is 0.0502 e.